The van der Waals surface area contributed by atoms with Gasteiger partial charge in [0.15, 0.2) is 5.78 Å². The maximum Gasteiger partial charge on any atom is 0.184 e. The van der Waals surface area contributed by atoms with Gasteiger partial charge in [-0.1, -0.05) is 24.1 Å². The second-order valence-electron chi connectivity index (χ2n) is 7.44. The van der Waals surface area contributed by atoms with E-state index >= 15 is 0 Å². The summed E-state index contributed by atoms with van der Waals surface area (Å²) in [6.45, 7) is 0. The summed E-state index contributed by atoms with van der Waals surface area (Å²) in [6, 6.07) is 9.27. The molecule has 4 aromatic rings. The Hall–Kier alpha value is -3.52. The SMILES string of the molecule is COc1cc2ncccc2cc1-c1cnc([C@@H](N)CCCCCC(=O)c2ccon2)[nH]1. The van der Waals surface area contributed by atoms with Crippen molar-refractivity contribution in [1.82, 2.24) is 20.1 Å². The Balaban J connectivity index is 1.34. The van der Waals surface area contributed by atoms with Gasteiger partial charge in [0.2, 0.25) is 0 Å². The van der Waals surface area contributed by atoms with Crippen molar-refractivity contribution in [2.45, 2.75) is 38.1 Å². The molecule has 1 aromatic carbocycles. The summed E-state index contributed by atoms with van der Waals surface area (Å²) in [5.74, 6) is 1.47. The van der Waals surface area contributed by atoms with Crippen LogP contribution >= 0.6 is 0 Å². The van der Waals surface area contributed by atoms with Crippen molar-refractivity contribution in [2.24, 2.45) is 5.73 Å². The molecule has 1 atom stereocenters. The van der Waals surface area contributed by atoms with E-state index in [2.05, 4.69) is 20.1 Å². The first-order valence-electron chi connectivity index (χ1n) is 10.3. The van der Waals surface area contributed by atoms with E-state index in [1.807, 2.05) is 24.3 Å². The zero-order valence-electron chi connectivity index (χ0n) is 17.4. The van der Waals surface area contributed by atoms with Crippen LogP contribution < -0.4 is 10.5 Å². The van der Waals surface area contributed by atoms with E-state index in [9.17, 15) is 4.79 Å². The van der Waals surface area contributed by atoms with Gasteiger partial charge >= 0.3 is 0 Å². The zero-order chi connectivity index (χ0) is 21.6. The van der Waals surface area contributed by atoms with Gasteiger partial charge in [0.05, 0.1) is 30.6 Å². The Bertz CT molecular complexity index is 1150. The number of carbonyl (C=O) groups is 1. The third-order valence-corrected chi connectivity index (χ3v) is 5.30. The fraction of sp³-hybridized carbons (Fsp3) is 0.304. The van der Waals surface area contributed by atoms with Crippen LogP contribution in [0.2, 0.25) is 0 Å². The summed E-state index contributed by atoms with van der Waals surface area (Å²) in [4.78, 5) is 24.1. The molecular weight excluding hydrogens is 394 g/mol. The molecular formula is C23H25N5O3. The Morgan fingerprint density at radius 1 is 1.23 bits per heavy atom. The molecule has 0 aliphatic rings. The van der Waals surface area contributed by atoms with Crippen molar-refractivity contribution < 1.29 is 14.1 Å². The summed E-state index contributed by atoms with van der Waals surface area (Å²) in [7, 11) is 1.64. The number of carbonyl (C=O) groups excluding carboxylic acids is 1. The number of ether oxygens (including phenoxy) is 1. The van der Waals surface area contributed by atoms with Crippen molar-refractivity contribution in [3.63, 3.8) is 0 Å². The third kappa shape index (κ3) is 4.80. The van der Waals surface area contributed by atoms with Gasteiger partial charge in [0.1, 0.15) is 23.5 Å². The molecule has 3 heterocycles. The maximum absolute atomic E-state index is 11.9. The number of hydrogen-bond acceptors (Lipinski definition) is 7. The number of H-pyrrole nitrogens is 1. The molecule has 0 radical (unpaired) electrons. The van der Waals surface area contributed by atoms with Crippen LogP contribution in [0.1, 0.15) is 54.5 Å². The first kappa shape index (κ1) is 20.7. The van der Waals surface area contributed by atoms with E-state index in [0.717, 1.165) is 59.4 Å². The number of benzene rings is 1. The zero-order valence-corrected chi connectivity index (χ0v) is 17.4. The van der Waals surface area contributed by atoms with Crippen molar-refractivity contribution in [3.8, 4) is 17.0 Å². The van der Waals surface area contributed by atoms with E-state index in [1.54, 1.807) is 25.6 Å². The summed E-state index contributed by atoms with van der Waals surface area (Å²) < 4.78 is 10.3. The highest BCUT2D eigenvalue weighted by Crippen LogP contribution is 2.33. The van der Waals surface area contributed by atoms with E-state index in [-0.39, 0.29) is 11.8 Å². The number of nitrogens with one attached hydrogen (secondary N) is 1. The normalized spacial score (nSPS) is 12.2. The predicted molar refractivity (Wildman–Crippen MR) is 117 cm³/mol. The van der Waals surface area contributed by atoms with Crippen LogP contribution in [0.4, 0.5) is 0 Å². The topological polar surface area (TPSA) is 120 Å². The van der Waals surface area contributed by atoms with Crippen LogP contribution in [-0.2, 0) is 0 Å². The first-order valence-corrected chi connectivity index (χ1v) is 10.3. The van der Waals surface area contributed by atoms with Gasteiger partial charge < -0.3 is 20.0 Å². The monoisotopic (exact) mass is 419 g/mol. The van der Waals surface area contributed by atoms with Crippen LogP contribution in [0.5, 0.6) is 5.75 Å². The van der Waals surface area contributed by atoms with Crippen molar-refractivity contribution in [3.05, 3.63) is 60.5 Å². The minimum atomic E-state index is -0.201. The maximum atomic E-state index is 11.9. The molecule has 0 fully saturated rings. The largest absolute Gasteiger partial charge is 0.496 e. The van der Waals surface area contributed by atoms with E-state index in [4.69, 9.17) is 15.0 Å². The second-order valence-corrected chi connectivity index (χ2v) is 7.44. The minimum Gasteiger partial charge on any atom is -0.496 e. The fourth-order valence-corrected chi connectivity index (χ4v) is 3.59. The third-order valence-electron chi connectivity index (χ3n) is 5.30. The van der Waals surface area contributed by atoms with Crippen molar-refractivity contribution >= 4 is 16.7 Å². The lowest BCUT2D eigenvalue weighted by molar-refractivity contribution is 0.0970. The number of aromatic nitrogens is 4. The molecule has 0 bridgehead atoms. The number of fused-ring (bicyclic) bond motifs is 1. The Morgan fingerprint density at radius 3 is 2.94 bits per heavy atom. The van der Waals surface area contributed by atoms with Crippen molar-refractivity contribution in [1.29, 1.82) is 0 Å². The van der Waals surface area contributed by atoms with E-state index < -0.39 is 0 Å². The molecule has 0 aliphatic carbocycles. The standard InChI is InChI=1S/C23H25N5O3/c1-30-22-13-19-15(6-5-10-25-19)12-16(22)20-14-26-23(27-20)17(24)7-3-2-4-8-21(29)18-9-11-31-28-18/h5-6,9-14,17H,2-4,7-8,24H2,1H3,(H,26,27)/t17-/m0/s1. The molecule has 8 nitrogen and oxygen atoms in total. The van der Waals surface area contributed by atoms with E-state index in [0.29, 0.717) is 12.1 Å². The number of nitrogens with two attached hydrogens (primary N) is 1. The molecule has 160 valence electrons. The Labute approximate surface area is 179 Å². The Kier molecular flexibility index (Phi) is 6.37. The molecule has 3 aromatic heterocycles. The van der Waals surface area contributed by atoms with Crippen LogP contribution in [0.15, 0.2) is 53.5 Å². The van der Waals surface area contributed by atoms with Gasteiger partial charge in [-0.2, -0.15) is 0 Å². The Morgan fingerprint density at radius 2 is 2.13 bits per heavy atom. The molecule has 0 aliphatic heterocycles. The minimum absolute atomic E-state index is 0.00765. The highest BCUT2D eigenvalue weighted by Gasteiger charge is 2.15. The van der Waals surface area contributed by atoms with E-state index in [1.165, 1.54) is 6.26 Å². The summed E-state index contributed by atoms with van der Waals surface area (Å²) in [5, 5.41) is 4.70. The number of hydrogen-bond donors (Lipinski definition) is 2. The second kappa shape index (κ2) is 9.53. The number of imidazole rings is 1. The quantitative estimate of drug-likeness (QED) is 0.288. The number of methoxy groups -OCH3 is 1. The number of pyridine rings is 1. The average molecular weight is 419 g/mol. The lowest BCUT2D eigenvalue weighted by Crippen LogP contribution is -2.12. The van der Waals surface area contributed by atoms with Gasteiger partial charge in [-0.25, -0.2) is 4.98 Å². The van der Waals surface area contributed by atoms with Crippen LogP contribution in [-0.4, -0.2) is 33.0 Å². The van der Waals surface area contributed by atoms with Gasteiger partial charge in [0.25, 0.3) is 0 Å². The lowest BCUT2D eigenvalue weighted by Gasteiger charge is -2.10. The highest BCUT2D eigenvalue weighted by atomic mass is 16.5. The van der Waals surface area contributed by atoms with Gasteiger partial charge in [0, 0.05) is 35.7 Å². The first-order chi connectivity index (χ1) is 15.2. The van der Waals surface area contributed by atoms with Gasteiger partial charge in [-0.15, -0.1) is 0 Å². The number of rotatable bonds is 10. The molecule has 0 amide bonds. The fourth-order valence-electron chi connectivity index (χ4n) is 3.59. The van der Waals surface area contributed by atoms with Gasteiger partial charge in [-0.3, -0.25) is 9.78 Å². The molecule has 4 rings (SSSR count). The molecule has 0 saturated heterocycles. The van der Waals surface area contributed by atoms with Crippen LogP contribution in [0.25, 0.3) is 22.2 Å². The molecule has 0 spiro atoms. The smallest absolute Gasteiger partial charge is 0.184 e. The van der Waals surface area contributed by atoms with Gasteiger partial charge in [-0.05, 0) is 25.0 Å². The number of ketones is 1. The number of aromatic amines is 1. The molecule has 8 heteroatoms. The summed E-state index contributed by atoms with van der Waals surface area (Å²) >= 11 is 0. The number of Topliss-reactive ketones (excluding diaryl/α,β-unsaturated/α-hetero) is 1. The molecule has 3 N–H and O–H groups in total. The van der Waals surface area contributed by atoms with Crippen LogP contribution in [0.3, 0.4) is 0 Å². The average Bonchev–Trinajstić information content (AvgIpc) is 3.50. The van der Waals surface area contributed by atoms with Crippen LogP contribution in [0, 0.1) is 0 Å². The molecule has 0 saturated carbocycles. The highest BCUT2D eigenvalue weighted by molar-refractivity contribution is 5.93. The predicted octanol–water partition coefficient (Wildman–Crippen LogP) is 4.45. The molecule has 31 heavy (non-hydrogen) atoms. The number of nitrogens with zero attached hydrogens (tertiary/aromatic N) is 3. The summed E-state index contributed by atoms with van der Waals surface area (Å²) in [5.41, 5.74) is 9.38. The molecule has 0 unspecified atom stereocenters. The van der Waals surface area contributed by atoms with Crippen molar-refractivity contribution in [2.75, 3.05) is 7.11 Å². The lowest BCUT2D eigenvalue weighted by atomic mass is 10.0. The number of unbranched alkanes of at least 4 members (excludes halogenated alkanes) is 2. The summed E-state index contributed by atoms with van der Waals surface area (Å²) in [6.07, 6.45) is 8.82.